The number of ketones is 1. The molecule has 1 heterocycles. The molecule has 0 amide bonds. The van der Waals surface area contributed by atoms with Crippen LogP contribution >= 0.6 is 0 Å². The summed E-state index contributed by atoms with van der Waals surface area (Å²) in [4.78, 5) is 4.81. The largest absolute Gasteiger partial charge is 2.00 e. The molecule has 1 aliphatic carbocycles. The fourth-order valence-corrected chi connectivity index (χ4v) is 4.93. The van der Waals surface area contributed by atoms with Crippen molar-refractivity contribution in [3.63, 3.8) is 0 Å². The first-order valence-electron chi connectivity index (χ1n) is 12.1. The van der Waals surface area contributed by atoms with Gasteiger partial charge in [0.1, 0.15) is 6.67 Å². The van der Waals surface area contributed by atoms with E-state index in [4.69, 9.17) is 11.0 Å². The van der Waals surface area contributed by atoms with Crippen molar-refractivity contribution in [2.75, 3.05) is 22.9 Å². The van der Waals surface area contributed by atoms with Crippen molar-refractivity contribution in [3.8, 4) is 0 Å². The molecular formula is C31H39I2N2ORu. The van der Waals surface area contributed by atoms with Gasteiger partial charge in [0.15, 0.2) is 0 Å². The predicted molar refractivity (Wildman–Crippen MR) is 147 cm³/mol. The summed E-state index contributed by atoms with van der Waals surface area (Å²) in [6, 6.07) is 9.12. The van der Waals surface area contributed by atoms with E-state index >= 15 is 0 Å². The quantitative estimate of drug-likeness (QED) is 0.152. The number of halogens is 2. The van der Waals surface area contributed by atoms with E-state index in [0.29, 0.717) is 5.57 Å². The predicted octanol–water partition coefficient (Wildman–Crippen LogP) is 0.974. The molecule has 6 heteroatoms. The van der Waals surface area contributed by atoms with Crippen LogP contribution in [0.4, 0.5) is 11.4 Å². The van der Waals surface area contributed by atoms with Gasteiger partial charge in [-0.25, -0.2) is 6.58 Å². The summed E-state index contributed by atoms with van der Waals surface area (Å²) in [6.07, 6.45) is 7.68. The number of hydrogen-bond donors (Lipinski definition) is 0. The Morgan fingerprint density at radius 2 is 1.08 bits per heavy atom. The van der Waals surface area contributed by atoms with Gasteiger partial charge in [-0.05, 0) is 69.9 Å². The summed E-state index contributed by atoms with van der Waals surface area (Å²) in [7, 11) is 0. The third-order valence-electron chi connectivity index (χ3n) is 5.99. The Morgan fingerprint density at radius 3 is 1.43 bits per heavy atom. The molecule has 0 unspecified atom stereocenters. The van der Waals surface area contributed by atoms with E-state index in [1.807, 2.05) is 38.2 Å². The average Bonchev–Trinajstić information content (AvgIpc) is 3.17. The van der Waals surface area contributed by atoms with Crippen molar-refractivity contribution in [2.24, 2.45) is 0 Å². The van der Waals surface area contributed by atoms with E-state index in [1.165, 1.54) is 44.8 Å². The van der Waals surface area contributed by atoms with Crippen LogP contribution in [0, 0.1) is 54.8 Å². The van der Waals surface area contributed by atoms with Crippen molar-refractivity contribution in [1.82, 2.24) is 0 Å². The summed E-state index contributed by atoms with van der Waals surface area (Å²) in [5, 5.41) is 0. The number of nitrogens with zero attached hydrogens (tertiary/aromatic N) is 2. The molecule has 0 bridgehead atoms. The summed E-state index contributed by atoms with van der Waals surface area (Å²) >= 11 is 0. The minimum atomic E-state index is 0. The molecule has 201 valence electrons. The SMILES string of the molecule is Cc1cc(C)c(N2[CH]N(c3c(C)cc(C)cc3C)CC2)c(C)c1.[CH-]=C1C=CC=CC1=[O+]C(C)C.[I-].[I-].[Ru+2]. The van der Waals surface area contributed by atoms with Gasteiger partial charge < -0.3 is 62.2 Å². The van der Waals surface area contributed by atoms with Crippen LogP contribution in [0.2, 0.25) is 0 Å². The minimum absolute atomic E-state index is 0. The van der Waals surface area contributed by atoms with Crippen molar-refractivity contribution in [2.45, 2.75) is 61.5 Å². The Labute approximate surface area is 272 Å². The molecule has 3 nitrogen and oxygen atoms in total. The van der Waals surface area contributed by atoms with E-state index < -0.39 is 0 Å². The van der Waals surface area contributed by atoms with Crippen LogP contribution in [0.5, 0.6) is 0 Å². The molecule has 1 radical (unpaired) electrons. The van der Waals surface area contributed by atoms with Crippen LogP contribution in [0.15, 0.2) is 54.1 Å². The molecule has 0 spiro atoms. The van der Waals surface area contributed by atoms with Crippen molar-refractivity contribution >= 4 is 17.2 Å². The molecule has 4 rings (SSSR count). The maximum atomic E-state index is 5.64. The van der Waals surface area contributed by atoms with Crippen LogP contribution in [0.1, 0.15) is 47.2 Å². The topological polar surface area (TPSA) is 17.8 Å². The molecule has 0 N–H and O–H groups in total. The van der Waals surface area contributed by atoms with Crippen LogP contribution in [0.25, 0.3) is 0 Å². The van der Waals surface area contributed by atoms with E-state index in [1.54, 1.807) is 0 Å². The molecule has 0 atom stereocenters. The zero-order valence-corrected chi connectivity index (χ0v) is 29.2. The Kier molecular flexibility index (Phi) is 15.8. The van der Waals surface area contributed by atoms with Gasteiger partial charge in [0.25, 0.3) is 6.10 Å². The Hall–Kier alpha value is -0.987. The molecule has 1 saturated heterocycles. The number of allylic oxidation sites excluding steroid dienone is 5. The number of benzene rings is 2. The van der Waals surface area contributed by atoms with Crippen LogP contribution in [0.3, 0.4) is 0 Å². The van der Waals surface area contributed by atoms with Gasteiger partial charge in [-0.1, -0.05) is 47.0 Å². The van der Waals surface area contributed by atoms with Crippen molar-refractivity contribution in [1.29, 1.82) is 0 Å². The molecule has 0 aromatic heterocycles. The van der Waals surface area contributed by atoms with Crippen LogP contribution in [-0.4, -0.2) is 25.0 Å². The molecule has 1 fully saturated rings. The smallest absolute Gasteiger partial charge is 1.00 e. The zero-order chi connectivity index (χ0) is 25.0. The molecule has 2 aromatic rings. The first-order valence-corrected chi connectivity index (χ1v) is 12.1. The number of aryl methyl sites for hydroxylation is 6. The number of anilines is 2. The first kappa shape index (κ1) is 36.0. The number of rotatable bonds is 3. The summed E-state index contributed by atoms with van der Waals surface area (Å²) in [5.74, 6) is 0.766. The van der Waals surface area contributed by atoms with Gasteiger partial charge in [0, 0.05) is 38.3 Å². The van der Waals surface area contributed by atoms with E-state index in [0.717, 1.165) is 18.9 Å². The summed E-state index contributed by atoms with van der Waals surface area (Å²) in [6.45, 7) is 27.2. The minimum Gasteiger partial charge on any atom is -1.00 e. The maximum absolute atomic E-state index is 5.64. The Bertz CT molecular complexity index is 1060. The zero-order valence-electron chi connectivity index (χ0n) is 23.2. The molecule has 0 saturated carbocycles. The fraction of sp³-hybridized carbons (Fsp3) is 0.355. The van der Waals surface area contributed by atoms with E-state index in [2.05, 4.69) is 82.3 Å². The maximum Gasteiger partial charge on any atom is 2.00 e. The van der Waals surface area contributed by atoms with E-state index in [9.17, 15) is 0 Å². The second-order valence-electron chi connectivity index (χ2n) is 9.70. The van der Waals surface area contributed by atoms with Crippen molar-refractivity contribution < 1.29 is 71.9 Å². The van der Waals surface area contributed by atoms with Gasteiger partial charge in [-0.2, -0.15) is 6.08 Å². The van der Waals surface area contributed by atoms with Crippen molar-refractivity contribution in [3.05, 3.63) is 101 Å². The van der Waals surface area contributed by atoms with Gasteiger partial charge in [-0.15, -0.1) is 6.08 Å². The van der Waals surface area contributed by atoms with Crippen LogP contribution in [-0.2, 0) is 23.9 Å². The average molecular weight is 811 g/mol. The second-order valence-corrected chi connectivity index (χ2v) is 9.70. The monoisotopic (exact) mass is 811 g/mol. The molecule has 1 aliphatic heterocycles. The third kappa shape index (κ3) is 9.61. The number of hydrogen-bond acceptors (Lipinski definition) is 2. The Morgan fingerprint density at radius 1 is 0.703 bits per heavy atom. The normalized spacial score (nSPS) is 15.2. The third-order valence-corrected chi connectivity index (χ3v) is 5.99. The summed E-state index contributed by atoms with van der Waals surface area (Å²) in [5.41, 5.74) is 11.5. The summed E-state index contributed by atoms with van der Waals surface area (Å²) < 4.78 is 5.42. The fourth-order valence-electron chi connectivity index (χ4n) is 4.93. The Balaban J connectivity index is 0.000000795. The molecular weight excluding hydrogens is 771 g/mol. The van der Waals surface area contributed by atoms with Gasteiger partial charge in [-0.3, -0.25) is 0 Å². The second kappa shape index (κ2) is 16.2. The van der Waals surface area contributed by atoms with Crippen LogP contribution < -0.4 is 57.8 Å². The first-order chi connectivity index (χ1) is 16.1. The standard InChI is InChI=1S/C21H27N2.C10H12O.2HI.Ru/c1-14-9-16(3)20(17(4)10-14)22-7-8-23(13-22)21-18(5)11-15(2)12-19(21)6;1-8(2)11-10-7-5-4-6-9(10)3;;;/h9-13H,7-8H2,1-6H3;3-8H,1-2H3;2*1H;/q;;;;+2/p-2. The van der Waals surface area contributed by atoms with Gasteiger partial charge >= 0.3 is 19.5 Å². The van der Waals surface area contributed by atoms with Gasteiger partial charge in [0.2, 0.25) is 5.78 Å². The van der Waals surface area contributed by atoms with E-state index in [-0.39, 0.29) is 73.5 Å². The molecule has 2 aromatic carbocycles. The molecule has 2 aliphatic rings. The molecule has 37 heavy (non-hydrogen) atoms. The number of carbonyl (C=O) groups excluding carboxylic acids is 1. The van der Waals surface area contributed by atoms with Gasteiger partial charge in [0.05, 0.1) is 0 Å².